The quantitative estimate of drug-likeness (QED) is 0.791. The van der Waals surface area contributed by atoms with Crippen molar-refractivity contribution < 1.29 is 19.1 Å². The molecule has 0 spiro atoms. The van der Waals surface area contributed by atoms with E-state index in [0.717, 1.165) is 13.1 Å². The maximum atomic E-state index is 13.4. The van der Waals surface area contributed by atoms with Gasteiger partial charge in [0.2, 0.25) is 0 Å². The number of hydrogen-bond acceptors (Lipinski definition) is 4. The average Bonchev–Trinajstić information content (AvgIpc) is 2.86. The minimum atomic E-state index is -0.753. The van der Waals surface area contributed by atoms with E-state index in [-0.39, 0.29) is 11.4 Å². The lowest BCUT2D eigenvalue weighted by Crippen LogP contribution is -2.39. The number of aliphatic hydroxyl groups is 1. The molecule has 1 aromatic rings. The van der Waals surface area contributed by atoms with Gasteiger partial charge >= 0.3 is 0 Å². The highest BCUT2D eigenvalue weighted by atomic mass is 19.1. The molecule has 27 heavy (non-hydrogen) atoms. The van der Waals surface area contributed by atoms with Crippen LogP contribution in [-0.4, -0.2) is 52.8 Å². The zero-order valence-corrected chi connectivity index (χ0v) is 16.8. The van der Waals surface area contributed by atoms with Gasteiger partial charge in [-0.15, -0.1) is 0 Å². The standard InChI is InChI=1S/C21H29FN2O3/c1-6-23(7-2)12-13-24-17(14-8-10-15(22)11-9-14)16(18(25)20(24)27)19(26)21(3,4)5/h8-11,17,25H,6-7,12-13H2,1-5H3. The molecule has 1 amide bonds. The highest BCUT2D eigenvalue weighted by Crippen LogP contribution is 2.40. The summed E-state index contributed by atoms with van der Waals surface area (Å²) in [6.07, 6.45) is 0. The molecule has 5 nitrogen and oxygen atoms in total. The van der Waals surface area contributed by atoms with Crippen LogP contribution in [0.2, 0.25) is 0 Å². The Morgan fingerprint density at radius 1 is 1.19 bits per heavy atom. The van der Waals surface area contributed by atoms with Gasteiger partial charge in [-0.25, -0.2) is 4.39 Å². The molecule has 1 aliphatic heterocycles. The highest BCUT2D eigenvalue weighted by Gasteiger charge is 2.45. The lowest BCUT2D eigenvalue weighted by atomic mass is 9.82. The first kappa shape index (κ1) is 21.1. The summed E-state index contributed by atoms with van der Waals surface area (Å²) >= 11 is 0. The molecule has 0 saturated heterocycles. The Kier molecular flexibility index (Phi) is 6.42. The molecular formula is C21H29FN2O3. The number of likely N-dealkylation sites (N-methyl/N-ethyl adjacent to an activating group) is 1. The Labute approximate surface area is 160 Å². The van der Waals surface area contributed by atoms with Crippen molar-refractivity contribution in [2.45, 2.75) is 40.7 Å². The van der Waals surface area contributed by atoms with Gasteiger partial charge in [0, 0.05) is 18.5 Å². The van der Waals surface area contributed by atoms with Crippen LogP contribution in [0.5, 0.6) is 0 Å². The number of nitrogens with zero attached hydrogens (tertiary/aromatic N) is 2. The molecule has 0 radical (unpaired) electrons. The first-order chi connectivity index (χ1) is 12.6. The number of aliphatic hydroxyl groups excluding tert-OH is 1. The third-order valence-electron chi connectivity index (χ3n) is 4.97. The maximum Gasteiger partial charge on any atom is 0.290 e. The predicted octanol–water partition coefficient (Wildman–Crippen LogP) is 3.48. The third kappa shape index (κ3) is 4.38. The summed E-state index contributed by atoms with van der Waals surface area (Å²) in [7, 11) is 0. The predicted molar refractivity (Wildman–Crippen MR) is 103 cm³/mol. The van der Waals surface area contributed by atoms with Gasteiger partial charge < -0.3 is 14.9 Å². The topological polar surface area (TPSA) is 60.9 Å². The Bertz CT molecular complexity index is 731. The monoisotopic (exact) mass is 376 g/mol. The van der Waals surface area contributed by atoms with Gasteiger partial charge in [-0.2, -0.15) is 0 Å². The van der Waals surface area contributed by atoms with E-state index in [2.05, 4.69) is 4.90 Å². The first-order valence-corrected chi connectivity index (χ1v) is 9.38. The van der Waals surface area contributed by atoms with E-state index in [4.69, 9.17) is 0 Å². The second-order valence-corrected chi connectivity index (χ2v) is 7.82. The van der Waals surface area contributed by atoms with Crippen LogP contribution in [0, 0.1) is 11.2 Å². The molecule has 1 aromatic carbocycles. The zero-order valence-electron chi connectivity index (χ0n) is 16.8. The van der Waals surface area contributed by atoms with Crippen molar-refractivity contribution in [3.05, 3.63) is 47.0 Å². The number of rotatable bonds is 7. The highest BCUT2D eigenvalue weighted by molar-refractivity contribution is 6.10. The van der Waals surface area contributed by atoms with E-state index in [9.17, 15) is 19.1 Å². The van der Waals surface area contributed by atoms with Crippen molar-refractivity contribution in [1.82, 2.24) is 9.80 Å². The van der Waals surface area contributed by atoms with E-state index in [1.165, 1.54) is 17.0 Å². The maximum absolute atomic E-state index is 13.4. The normalized spacial score (nSPS) is 18.0. The summed E-state index contributed by atoms with van der Waals surface area (Å²) in [6.45, 7) is 12.0. The Hall–Kier alpha value is -2.21. The number of hydrogen-bond donors (Lipinski definition) is 1. The molecule has 1 heterocycles. The molecule has 1 N–H and O–H groups in total. The van der Waals surface area contributed by atoms with Crippen LogP contribution < -0.4 is 0 Å². The molecule has 1 aliphatic rings. The lowest BCUT2D eigenvalue weighted by Gasteiger charge is -2.30. The molecule has 0 saturated carbocycles. The zero-order chi connectivity index (χ0) is 20.4. The SMILES string of the molecule is CCN(CC)CCN1C(=O)C(O)=C(C(=O)C(C)(C)C)C1c1ccc(F)cc1. The smallest absolute Gasteiger partial charge is 0.290 e. The Balaban J connectivity index is 2.46. The van der Waals surface area contributed by atoms with E-state index in [0.29, 0.717) is 18.7 Å². The molecule has 2 rings (SSSR count). The van der Waals surface area contributed by atoms with Gasteiger partial charge in [-0.05, 0) is 30.8 Å². The number of halogens is 1. The van der Waals surface area contributed by atoms with Crippen molar-refractivity contribution in [2.75, 3.05) is 26.2 Å². The largest absolute Gasteiger partial charge is 0.503 e. The summed E-state index contributed by atoms with van der Waals surface area (Å²) in [5.41, 5.74) is -0.0453. The van der Waals surface area contributed by atoms with E-state index in [1.807, 2.05) is 13.8 Å². The number of amides is 1. The molecule has 1 unspecified atom stereocenters. The fraction of sp³-hybridized carbons (Fsp3) is 0.524. The van der Waals surface area contributed by atoms with E-state index < -0.39 is 28.9 Å². The summed E-state index contributed by atoms with van der Waals surface area (Å²) in [5, 5.41) is 10.5. The number of ketones is 1. The minimum absolute atomic E-state index is 0.0960. The molecule has 0 aliphatic carbocycles. The van der Waals surface area contributed by atoms with Crippen molar-refractivity contribution in [1.29, 1.82) is 0 Å². The number of carbonyl (C=O) groups is 2. The summed E-state index contributed by atoms with van der Waals surface area (Å²) in [4.78, 5) is 29.4. The van der Waals surface area contributed by atoms with Crippen LogP contribution in [0.25, 0.3) is 0 Å². The Morgan fingerprint density at radius 2 is 1.74 bits per heavy atom. The van der Waals surface area contributed by atoms with Crippen LogP contribution in [0.4, 0.5) is 4.39 Å². The molecule has 0 aromatic heterocycles. The van der Waals surface area contributed by atoms with E-state index in [1.54, 1.807) is 32.9 Å². The van der Waals surface area contributed by atoms with Crippen molar-refractivity contribution in [3.8, 4) is 0 Å². The van der Waals surface area contributed by atoms with Crippen LogP contribution in [0.1, 0.15) is 46.2 Å². The third-order valence-corrected chi connectivity index (χ3v) is 4.97. The van der Waals surface area contributed by atoms with Gasteiger partial charge in [0.05, 0.1) is 11.6 Å². The van der Waals surface area contributed by atoms with Crippen molar-refractivity contribution in [3.63, 3.8) is 0 Å². The number of Topliss-reactive ketones (excluding diaryl/α,β-unsaturated/α-hetero) is 1. The van der Waals surface area contributed by atoms with Gasteiger partial charge in [0.1, 0.15) is 5.82 Å². The van der Waals surface area contributed by atoms with Gasteiger partial charge in [-0.1, -0.05) is 46.8 Å². The summed E-state index contributed by atoms with van der Waals surface area (Å²) < 4.78 is 13.4. The van der Waals surface area contributed by atoms with Crippen molar-refractivity contribution in [2.24, 2.45) is 5.41 Å². The lowest BCUT2D eigenvalue weighted by molar-refractivity contribution is -0.129. The molecule has 148 valence electrons. The minimum Gasteiger partial charge on any atom is -0.503 e. The molecule has 0 fully saturated rings. The summed E-state index contributed by atoms with van der Waals surface area (Å²) in [6, 6.07) is 5.02. The fourth-order valence-electron chi connectivity index (χ4n) is 3.30. The van der Waals surface area contributed by atoms with Crippen molar-refractivity contribution >= 4 is 11.7 Å². The number of benzene rings is 1. The summed E-state index contributed by atoms with van der Waals surface area (Å²) in [5.74, 6) is -1.73. The molecule has 0 bridgehead atoms. The average molecular weight is 376 g/mol. The second-order valence-electron chi connectivity index (χ2n) is 7.82. The Morgan fingerprint density at radius 3 is 2.22 bits per heavy atom. The van der Waals surface area contributed by atoms with Crippen LogP contribution >= 0.6 is 0 Å². The van der Waals surface area contributed by atoms with E-state index >= 15 is 0 Å². The van der Waals surface area contributed by atoms with Gasteiger partial charge in [0.25, 0.3) is 5.91 Å². The molecular weight excluding hydrogens is 347 g/mol. The fourth-order valence-corrected chi connectivity index (χ4v) is 3.30. The van der Waals surface area contributed by atoms with Gasteiger partial charge in [0.15, 0.2) is 11.5 Å². The molecule has 6 heteroatoms. The second kappa shape index (κ2) is 8.21. The molecule has 1 atom stereocenters. The van der Waals surface area contributed by atoms with Crippen LogP contribution in [0.3, 0.4) is 0 Å². The van der Waals surface area contributed by atoms with Gasteiger partial charge in [-0.3, -0.25) is 9.59 Å². The first-order valence-electron chi connectivity index (χ1n) is 9.38. The number of carbonyl (C=O) groups excluding carboxylic acids is 2. The van der Waals surface area contributed by atoms with Crippen LogP contribution in [0.15, 0.2) is 35.6 Å². The van der Waals surface area contributed by atoms with Crippen LogP contribution in [-0.2, 0) is 9.59 Å².